The molecule has 10 heteroatoms. The topological polar surface area (TPSA) is 111 Å². The fourth-order valence-electron chi connectivity index (χ4n) is 3.55. The summed E-state index contributed by atoms with van der Waals surface area (Å²) in [4.78, 5) is 24.5. The quantitative estimate of drug-likeness (QED) is 0.630. The predicted octanol–water partition coefficient (Wildman–Crippen LogP) is 2.06. The van der Waals surface area contributed by atoms with Crippen LogP contribution in [0.15, 0.2) is 47.4 Å². The Kier molecular flexibility index (Phi) is 6.61. The van der Waals surface area contributed by atoms with Gasteiger partial charge in [-0.1, -0.05) is 18.6 Å². The molecule has 2 aliphatic heterocycles. The van der Waals surface area contributed by atoms with Gasteiger partial charge in [-0.15, -0.1) is 0 Å². The zero-order valence-corrected chi connectivity index (χ0v) is 18.2. The van der Waals surface area contributed by atoms with Crippen LogP contribution in [-0.4, -0.2) is 51.1 Å². The van der Waals surface area contributed by atoms with E-state index in [4.69, 9.17) is 14.2 Å². The van der Waals surface area contributed by atoms with E-state index in [1.807, 2.05) is 0 Å². The molecule has 1 N–H and O–H groups in total. The number of hydrogen-bond donors (Lipinski definition) is 1. The lowest BCUT2D eigenvalue weighted by molar-refractivity contribution is -0.124. The molecule has 4 rings (SSSR count). The van der Waals surface area contributed by atoms with Gasteiger partial charge in [0.2, 0.25) is 16.8 Å². The molecular weight excluding hydrogens is 436 g/mol. The Morgan fingerprint density at radius 1 is 1.00 bits per heavy atom. The Bertz CT molecular complexity index is 1110. The van der Waals surface area contributed by atoms with Gasteiger partial charge in [0.25, 0.3) is 5.91 Å². The molecule has 2 aliphatic rings. The molecule has 0 atom stereocenters. The number of piperidine rings is 1. The van der Waals surface area contributed by atoms with E-state index in [1.54, 1.807) is 18.2 Å². The number of rotatable bonds is 7. The second-order valence-electron chi connectivity index (χ2n) is 7.53. The maximum atomic E-state index is 12.8. The zero-order chi connectivity index (χ0) is 22.6. The van der Waals surface area contributed by atoms with E-state index in [9.17, 15) is 18.0 Å². The molecule has 1 amide bonds. The van der Waals surface area contributed by atoms with Gasteiger partial charge in [-0.3, -0.25) is 4.79 Å². The van der Waals surface area contributed by atoms with E-state index < -0.39 is 28.5 Å². The summed E-state index contributed by atoms with van der Waals surface area (Å²) in [6.07, 6.45) is 2.65. The monoisotopic (exact) mass is 460 g/mol. The number of hydrogen-bond acceptors (Lipinski definition) is 7. The largest absolute Gasteiger partial charge is 0.454 e. The Morgan fingerprint density at radius 3 is 2.59 bits per heavy atom. The van der Waals surface area contributed by atoms with Crippen LogP contribution in [0.25, 0.3) is 0 Å². The summed E-state index contributed by atoms with van der Waals surface area (Å²) in [6.45, 7) is 0.867. The van der Waals surface area contributed by atoms with Crippen molar-refractivity contribution in [1.29, 1.82) is 0 Å². The standard InChI is InChI=1S/C22H24N2O7S/c25-21(23-13-16-7-8-19-20(11-16)31-15-30-19)14-29-22(26)17-5-4-6-18(12-17)32(27,28)24-9-2-1-3-10-24/h4-8,11-12H,1-3,9-10,13-15H2,(H,23,25). The van der Waals surface area contributed by atoms with Crippen molar-refractivity contribution < 1.29 is 32.2 Å². The third-order valence-electron chi connectivity index (χ3n) is 5.28. The molecule has 9 nitrogen and oxygen atoms in total. The van der Waals surface area contributed by atoms with Gasteiger partial charge in [-0.05, 0) is 48.7 Å². The van der Waals surface area contributed by atoms with E-state index in [0.717, 1.165) is 24.8 Å². The molecule has 0 aliphatic carbocycles. The number of nitrogens with zero attached hydrogens (tertiary/aromatic N) is 1. The van der Waals surface area contributed by atoms with Gasteiger partial charge in [0.15, 0.2) is 18.1 Å². The van der Waals surface area contributed by atoms with E-state index in [2.05, 4.69) is 5.32 Å². The molecule has 2 heterocycles. The van der Waals surface area contributed by atoms with Gasteiger partial charge >= 0.3 is 5.97 Å². The van der Waals surface area contributed by atoms with Gasteiger partial charge in [0, 0.05) is 19.6 Å². The molecule has 0 unspecified atom stereocenters. The predicted molar refractivity (Wildman–Crippen MR) is 114 cm³/mol. The normalized spacial score (nSPS) is 15.9. The molecule has 2 aromatic carbocycles. The number of amides is 1. The molecule has 32 heavy (non-hydrogen) atoms. The van der Waals surface area contributed by atoms with Crippen LogP contribution in [0.3, 0.4) is 0 Å². The minimum atomic E-state index is -3.67. The lowest BCUT2D eigenvalue weighted by Gasteiger charge is -2.25. The fraction of sp³-hybridized carbons (Fsp3) is 0.364. The first kappa shape index (κ1) is 22.1. The highest BCUT2D eigenvalue weighted by Gasteiger charge is 2.26. The van der Waals surface area contributed by atoms with Crippen molar-refractivity contribution >= 4 is 21.9 Å². The van der Waals surface area contributed by atoms with Crippen LogP contribution in [0.2, 0.25) is 0 Å². The van der Waals surface area contributed by atoms with Gasteiger partial charge in [-0.2, -0.15) is 4.31 Å². The number of nitrogens with one attached hydrogen (secondary N) is 1. The van der Waals surface area contributed by atoms with Crippen molar-refractivity contribution in [3.05, 3.63) is 53.6 Å². The second-order valence-corrected chi connectivity index (χ2v) is 9.47. The van der Waals surface area contributed by atoms with Crippen LogP contribution in [0.4, 0.5) is 0 Å². The summed E-state index contributed by atoms with van der Waals surface area (Å²) in [6, 6.07) is 11.0. The summed E-state index contributed by atoms with van der Waals surface area (Å²) in [5.74, 6) is 0.0214. The smallest absolute Gasteiger partial charge is 0.338 e. The van der Waals surface area contributed by atoms with Crippen LogP contribution in [-0.2, 0) is 26.1 Å². The van der Waals surface area contributed by atoms with Gasteiger partial charge in [-0.25, -0.2) is 13.2 Å². The van der Waals surface area contributed by atoms with Crippen molar-refractivity contribution in [1.82, 2.24) is 9.62 Å². The number of ether oxygens (including phenoxy) is 3. The lowest BCUT2D eigenvalue weighted by atomic mass is 10.2. The average Bonchev–Trinajstić information content (AvgIpc) is 3.30. The molecule has 0 bridgehead atoms. The Hall–Kier alpha value is -3.11. The summed E-state index contributed by atoms with van der Waals surface area (Å²) >= 11 is 0. The molecule has 0 radical (unpaired) electrons. The number of benzene rings is 2. The highest BCUT2D eigenvalue weighted by atomic mass is 32.2. The fourth-order valence-corrected chi connectivity index (χ4v) is 5.12. The van der Waals surface area contributed by atoms with E-state index in [0.29, 0.717) is 24.6 Å². The summed E-state index contributed by atoms with van der Waals surface area (Å²) in [7, 11) is -3.67. The summed E-state index contributed by atoms with van der Waals surface area (Å²) in [5, 5.41) is 2.66. The number of carbonyl (C=O) groups is 2. The highest BCUT2D eigenvalue weighted by Crippen LogP contribution is 2.32. The summed E-state index contributed by atoms with van der Waals surface area (Å²) in [5.41, 5.74) is 0.885. The molecule has 1 saturated heterocycles. The van der Waals surface area contributed by atoms with Crippen molar-refractivity contribution in [3.63, 3.8) is 0 Å². The zero-order valence-electron chi connectivity index (χ0n) is 17.4. The molecule has 2 aromatic rings. The Balaban J connectivity index is 1.31. The number of fused-ring (bicyclic) bond motifs is 1. The third kappa shape index (κ3) is 5.03. The van der Waals surface area contributed by atoms with Crippen molar-refractivity contribution in [3.8, 4) is 11.5 Å². The van der Waals surface area contributed by atoms with Crippen molar-refractivity contribution in [2.75, 3.05) is 26.5 Å². The Labute approximate surface area is 186 Å². The van der Waals surface area contributed by atoms with E-state index >= 15 is 0 Å². The first-order chi connectivity index (χ1) is 15.4. The first-order valence-electron chi connectivity index (χ1n) is 10.4. The number of sulfonamides is 1. The van der Waals surface area contributed by atoms with Crippen LogP contribution in [0.1, 0.15) is 35.2 Å². The average molecular weight is 461 g/mol. The molecule has 1 fully saturated rings. The molecule has 0 saturated carbocycles. The van der Waals surface area contributed by atoms with Crippen molar-refractivity contribution in [2.24, 2.45) is 0 Å². The second kappa shape index (κ2) is 9.58. The Morgan fingerprint density at radius 2 is 1.78 bits per heavy atom. The number of esters is 1. The van der Waals surface area contributed by atoms with E-state index in [1.165, 1.54) is 28.6 Å². The van der Waals surface area contributed by atoms with Gasteiger partial charge in [0.05, 0.1) is 10.5 Å². The molecule has 0 aromatic heterocycles. The first-order valence-corrected chi connectivity index (χ1v) is 11.8. The minimum absolute atomic E-state index is 0.0427. The number of carbonyl (C=O) groups excluding carboxylic acids is 2. The highest BCUT2D eigenvalue weighted by molar-refractivity contribution is 7.89. The SMILES string of the molecule is O=C(COC(=O)c1cccc(S(=O)(=O)N2CCCCC2)c1)NCc1ccc2c(c1)OCO2. The molecule has 0 spiro atoms. The van der Waals surface area contributed by atoms with Gasteiger partial charge < -0.3 is 19.5 Å². The molecule has 170 valence electrons. The summed E-state index contributed by atoms with van der Waals surface area (Å²) < 4.78 is 42.7. The van der Waals surface area contributed by atoms with Crippen LogP contribution in [0, 0.1) is 0 Å². The lowest BCUT2D eigenvalue weighted by Crippen LogP contribution is -2.35. The van der Waals surface area contributed by atoms with Gasteiger partial charge in [0.1, 0.15) is 0 Å². The van der Waals surface area contributed by atoms with Crippen molar-refractivity contribution in [2.45, 2.75) is 30.7 Å². The van der Waals surface area contributed by atoms with Crippen LogP contribution >= 0.6 is 0 Å². The van der Waals surface area contributed by atoms with Crippen LogP contribution in [0.5, 0.6) is 11.5 Å². The minimum Gasteiger partial charge on any atom is -0.454 e. The van der Waals surface area contributed by atoms with Crippen LogP contribution < -0.4 is 14.8 Å². The maximum Gasteiger partial charge on any atom is 0.338 e. The maximum absolute atomic E-state index is 12.8. The third-order valence-corrected chi connectivity index (χ3v) is 7.18. The van der Waals surface area contributed by atoms with E-state index in [-0.39, 0.29) is 23.8 Å². The molecular formula is C22H24N2O7S.